The van der Waals surface area contributed by atoms with Crippen molar-refractivity contribution in [2.24, 2.45) is 0 Å². The van der Waals surface area contributed by atoms with Crippen LogP contribution in [-0.4, -0.2) is 45.3 Å². The van der Waals surface area contributed by atoms with Gasteiger partial charge in [-0.1, -0.05) is 13.8 Å². The van der Waals surface area contributed by atoms with Crippen molar-refractivity contribution < 1.29 is 8.42 Å². The van der Waals surface area contributed by atoms with Crippen LogP contribution in [0, 0.1) is 0 Å². The van der Waals surface area contributed by atoms with Gasteiger partial charge in [0.15, 0.2) is 0 Å². The van der Waals surface area contributed by atoms with Gasteiger partial charge in [0.05, 0.1) is 5.75 Å². The largest absolute Gasteiger partial charge is 0.319 e. The molecule has 4 nitrogen and oxygen atoms in total. The third-order valence-corrected chi connectivity index (χ3v) is 5.87. The van der Waals surface area contributed by atoms with Gasteiger partial charge in [-0.25, -0.2) is 13.1 Å². The quantitative estimate of drug-likeness (QED) is 0.656. The van der Waals surface area contributed by atoms with E-state index in [9.17, 15) is 8.42 Å². The van der Waals surface area contributed by atoms with E-state index >= 15 is 0 Å². The van der Waals surface area contributed by atoms with Crippen LogP contribution < -0.4 is 10.0 Å². The molecule has 0 unspecified atom stereocenters. The van der Waals surface area contributed by atoms with Gasteiger partial charge in [-0.2, -0.15) is 11.8 Å². The Kier molecular flexibility index (Phi) is 7.63. The van der Waals surface area contributed by atoms with Crippen LogP contribution in [0.5, 0.6) is 0 Å². The van der Waals surface area contributed by atoms with Crippen LogP contribution in [0.25, 0.3) is 0 Å². The van der Waals surface area contributed by atoms with Crippen molar-refractivity contribution in [1.82, 2.24) is 10.0 Å². The Hall–Kier alpha value is 0.220. The molecule has 0 spiro atoms. The number of hydrogen-bond donors (Lipinski definition) is 2. The molecule has 0 aromatic carbocycles. The summed E-state index contributed by atoms with van der Waals surface area (Å²) in [7, 11) is -1.38. The average molecular weight is 268 g/mol. The van der Waals surface area contributed by atoms with Crippen LogP contribution in [0.15, 0.2) is 0 Å². The predicted molar refractivity (Wildman–Crippen MR) is 72.5 cm³/mol. The zero-order chi connectivity index (χ0) is 12.7. The maximum absolute atomic E-state index is 11.6. The molecule has 0 atom stereocenters. The molecule has 0 aliphatic heterocycles. The van der Waals surface area contributed by atoms with Crippen molar-refractivity contribution in [1.29, 1.82) is 0 Å². The first-order valence-electron chi connectivity index (χ1n) is 5.62. The third-order valence-electron chi connectivity index (χ3n) is 2.96. The van der Waals surface area contributed by atoms with Crippen molar-refractivity contribution >= 4 is 21.8 Å². The minimum absolute atomic E-state index is 0.0344. The number of thioether (sulfide) groups is 1. The van der Waals surface area contributed by atoms with Gasteiger partial charge in [0, 0.05) is 17.8 Å². The Labute approximate surface area is 104 Å². The summed E-state index contributed by atoms with van der Waals surface area (Å²) in [6.45, 7) is 5.21. The lowest BCUT2D eigenvalue weighted by Gasteiger charge is -2.29. The number of sulfonamides is 1. The highest BCUT2D eigenvalue weighted by Crippen LogP contribution is 2.29. The second-order valence-corrected chi connectivity index (χ2v) is 7.04. The molecule has 0 amide bonds. The van der Waals surface area contributed by atoms with Crippen molar-refractivity contribution in [3.05, 3.63) is 0 Å². The van der Waals surface area contributed by atoms with Gasteiger partial charge in [0.2, 0.25) is 10.0 Å². The van der Waals surface area contributed by atoms with E-state index in [2.05, 4.69) is 23.9 Å². The molecule has 0 fully saturated rings. The van der Waals surface area contributed by atoms with E-state index in [4.69, 9.17) is 0 Å². The molecular formula is C10H24N2O2S2. The lowest BCUT2D eigenvalue weighted by Crippen LogP contribution is -2.41. The van der Waals surface area contributed by atoms with E-state index in [-0.39, 0.29) is 10.5 Å². The Bertz CT molecular complexity index is 266. The SMILES string of the molecule is CCC(CC)(CNS(=O)(=O)CCNC)SC. The molecule has 0 bridgehead atoms. The van der Waals surface area contributed by atoms with Crippen LogP contribution in [0.2, 0.25) is 0 Å². The first-order chi connectivity index (χ1) is 7.45. The molecule has 6 heteroatoms. The maximum Gasteiger partial charge on any atom is 0.212 e. The number of rotatable bonds is 9. The highest BCUT2D eigenvalue weighted by Gasteiger charge is 2.26. The minimum Gasteiger partial charge on any atom is -0.319 e. The zero-order valence-electron chi connectivity index (χ0n) is 10.7. The Morgan fingerprint density at radius 3 is 2.19 bits per heavy atom. The normalized spacial score (nSPS) is 13.0. The summed E-state index contributed by atoms with van der Waals surface area (Å²) in [5.41, 5.74) is 0. The van der Waals surface area contributed by atoms with Crippen molar-refractivity contribution in [2.45, 2.75) is 31.4 Å². The monoisotopic (exact) mass is 268 g/mol. The third kappa shape index (κ3) is 5.52. The van der Waals surface area contributed by atoms with Gasteiger partial charge >= 0.3 is 0 Å². The number of nitrogens with one attached hydrogen (secondary N) is 2. The fourth-order valence-electron chi connectivity index (χ4n) is 1.41. The molecule has 0 saturated heterocycles. The Balaban J connectivity index is 4.30. The fraction of sp³-hybridized carbons (Fsp3) is 1.00. The second kappa shape index (κ2) is 7.53. The average Bonchev–Trinajstić information content (AvgIpc) is 2.29. The molecule has 2 N–H and O–H groups in total. The molecular weight excluding hydrogens is 244 g/mol. The van der Waals surface area contributed by atoms with Gasteiger partial charge in [0.1, 0.15) is 0 Å². The molecule has 0 heterocycles. The van der Waals surface area contributed by atoms with Crippen molar-refractivity contribution in [3.63, 3.8) is 0 Å². The van der Waals surface area contributed by atoms with E-state index in [1.54, 1.807) is 18.8 Å². The summed E-state index contributed by atoms with van der Waals surface area (Å²) >= 11 is 1.74. The summed E-state index contributed by atoms with van der Waals surface area (Å²) in [5, 5.41) is 2.84. The Morgan fingerprint density at radius 2 is 1.81 bits per heavy atom. The minimum atomic E-state index is -3.13. The highest BCUT2D eigenvalue weighted by atomic mass is 32.2. The molecule has 0 rings (SSSR count). The standard InChI is InChI=1S/C10H24N2O2S2/c1-5-10(6-2,15-4)9-12-16(13,14)8-7-11-3/h11-12H,5-9H2,1-4H3. The van der Waals surface area contributed by atoms with Crippen LogP contribution in [0.1, 0.15) is 26.7 Å². The van der Waals surface area contributed by atoms with Crippen molar-refractivity contribution in [2.75, 3.05) is 32.1 Å². The van der Waals surface area contributed by atoms with E-state index in [1.165, 1.54) is 0 Å². The van der Waals surface area contributed by atoms with E-state index < -0.39 is 10.0 Å². The van der Waals surface area contributed by atoms with Gasteiger partial charge in [-0.05, 0) is 26.1 Å². The van der Waals surface area contributed by atoms with Gasteiger partial charge in [0.25, 0.3) is 0 Å². The van der Waals surface area contributed by atoms with Crippen LogP contribution in [0.3, 0.4) is 0 Å². The summed E-state index contributed by atoms with van der Waals surface area (Å²) in [6.07, 6.45) is 3.98. The van der Waals surface area contributed by atoms with Crippen LogP contribution >= 0.6 is 11.8 Å². The first kappa shape index (κ1) is 16.2. The Morgan fingerprint density at radius 1 is 1.25 bits per heavy atom. The summed E-state index contributed by atoms with van der Waals surface area (Å²) < 4.78 is 26.0. The predicted octanol–water partition coefficient (Wildman–Crippen LogP) is 1.05. The van der Waals surface area contributed by atoms with Crippen LogP contribution in [0.4, 0.5) is 0 Å². The fourth-order valence-corrected chi connectivity index (χ4v) is 3.41. The molecule has 0 aromatic heterocycles. The summed E-state index contributed by atoms with van der Waals surface area (Å²) in [4.78, 5) is 0. The molecule has 16 heavy (non-hydrogen) atoms. The second-order valence-electron chi connectivity index (χ2n) is 3.84. The molecule has 0 aliphatic rings. The topological polar surface area (TPSA) is 58.2 Å². The maximum atomic E-state index is 11.6. The lowest BCUT2D eigenvalue weighted by atomic mass is 10.0. The van der Waals surface area contributed by atoms with Gasteiger partial charge < -0.3 is 5.32 Å². The van der Waals surface area contributed by atoms with Crippen molar-refractivity contribution in [3.8, 4) is 0 Å². The molecule has 0 aliphatic carbocycles. The van der Waals surface area contributed by atoms with E-state index in [0.717, 1.165) is 12.8 Å². The molecule has 98 valence electrons. The molecule has 0 radical (unpaired) electrons. The summed E-state index contributed by atoms with van der Waals surface area (Å²) in [5.74, 6) is 0.140. The van der Waals surface area contributed by atoms with Gasteiger partial charge in [-0.15, -0.1) is 0 Å². The zero-order valence-corrected chi connectivity index (χ0v) is 12.3. The molecule has 0 aromatic rings. The van der Waals surface area contributed by atoms with Crippen LogP contribution in [-0.2, 0) is 10.0 Å². The smallest absolute Gasteiger partial charge is 0.212 e. The molecule has 0 saturated carbocycles. The van der Waals surface area contributed by atoms with Gasteiger partial charge in [-0.3, -0.25) is 0 Å². The van der Waals surface area contributed by atoms with E-state index in [1.807, 2.05) is 6.26 Å². The first-order valence-corrected chi connectivity index (χ1v) is 8.50. The lowest BCUT2D eigenvalue weighted by molar-refractivity contribution is 0.521. The number of hydrogen-bond acceptors (Lipinski definition) is 4. The summed E-state index contributed by atoms with van der Waals surface area (Å²) in [6, 6.07) is 0. The highest BCUT2D eigenvalue weighted by molar-refractivity contribution is 8.00. The van der Waals surface area contributed by atoms with E-state index in [0.29, 0.717) is 13.1 Å².